The van der Waals surface area contributed by atoms with E-state index in [1.54, 1.807) is 23.0 Å². The molecule has 0 aliphatic heterocycles. The second-order valence-corrected chi connectivity index (χ2v) is 5.45. The quantitative estimate of drug-likeness (QED) is 0.627. The summed E-state index contributed by atoms with van der Waals surface area (Å²) in [4.78, 5) is 15.4. The number of pyridine rings is 1. The summed E-state index contributed by atoms with van der Waals surface area (Å²) < 4.78 is 7.58. The highest BCUT2D eigenvalue weighted by molar-refractivity contribution is 5.92. The fraction of sp³-hybridized carbons (Fsp3) is 0.0556. The Morgan fingerprint density at radius 2 is 2.00 bits per heavy atom. The van der Waals surface area contributed by atoms with E-state index < -0.39 is 5.91 Å². The Morgan fingerprint density at radius 1 is 1.17 bits per heavy atom. The third kappa shape index (κ3) is 2.65. The van der Waals surface area contributed by atoms with Crippen molar-refractivity contribution in [3.8, 4) is 5.69 Å². The average Bonchev–Trinajstić information content (AvgIpc) is 3.24. The number of hydrogen-bond acceptors (Lipinski definition) is 4. The molecule has 6 nitrogen and oxygen atoms in total. The highest BCUT2D eigenvalue weighted by atomic mass is 16.3. The lowest BCUT2D eigenvalue weighted by Crippen LogP contribution is -2.12. The first-order chi connectivity index (χ1) is 11.7. The molecule has 118 valence electrons. The molecule has 0 bridgehead atoms. The Morgan fingerprint density at radius 3 is 2.71 bits per heavy atom. The first kappa shape index (κ1) is 14.2. The monoisotopic (exact) mass is 318 g/mol. The molecular formula is C18H14N4O2. The van der Waals surface area contributed by atoms with Crippen LogP contribution < -0.4 is 5.73 Å². The molecule has 0 spiro atoms. The fourth-order valence-electron chi connectivity index (χ4n) is 2.59. The van der Waals surface area contributed by atoms with Crippen LogP contribution in [0.4, 0.5) is 0 Å². The van der Waals surface area contributed by atoms with Crippen molar-refractivity contribution in [1.29, 1.82) is 0 Å². The number of nitrogens with two attached hydrogens (primary N) is 1. The summed E-state index contributed by atoms with van der Waals surface area (Å²) in [6, 6.07) is 15.1. The molecule has 4 rings (SSSR count). The highest BCUT2D eigenvalue weighted by Crippen LogP contribution is 2.21. The maximum atomic E-state index is 11.2. The molecule has 0 unspecified atom stereocenters. The molecule has 4 aromatic rings. The van der Waals surface area contributed by atoms with Crippen molar-refractivity contribution < 1.29 is 9.21 Å². The van der Waals surface area contributed by atoms with Crippen LogP contribution in [0, 0.1) is 0 Å². The van der Waals surface area contributed by atoms with Crippen LogP contribution in [-0.4, -0.2) is 20.7 Å². The van der Waals surface area contributed by atoms with E-state index in [9.17, 15) is 4.79 Å². The number of amides is 1. The highest BCUT2D eigenvalue weighted by Gasteiger charge is 2.09. The molecule has 1 aromatic carbocycles. The lowest BCUT2D eigenvalue weighted by Gasteiger charge is -2.03. The summed E-state index contributed by atoms with van der Waals surface area (Å²) in [7, 11) is 0. The molecule has 2 N–H and O–H groups in total. The Labute approximate surface area is 137 Å². The number of aromatic nitrogens is 3. The van der Waals surface area contributed by atoms with Crippen molar-refractivity contribution in [2.24, 2.45) is 5.73 Å². The number of carbonyl (C=O) groups is 1. The molecule has 0 saturated carbocycles. The number of rotatable bonds is 4. The molecule has 0 fully saturated rings. The standard InChI is InChI=1S/C18H14N4O2/c19-18(23)15-6-7-17-16(21-15)11-14(24-17)10-12-2-4-13(5-3-12)22-9-1-8-20-22/h1-9,11H,10H2,(H2,19,23). The van der Waals surface area contributed by atoms with E-state index in [-0.39, 0.29) is 5.69 Å². The van der Waals surface area contributed by atoms with Gasteiger partial charge < -0.3 is 10.2 Å². The molecule has 0 aliphatic rings. The smallest absolute Gasteiger partial charge is 0.267 e. The Balaban J connectivity index is 1.58. The summed E-state index contributed by atoms with van der Waals surface area (Å²) in [5, 5.41) is 4.20. The van der Waals surface area contributed by atoms with Crippen LogP contribution in [0.1, 0.15) is 21.8 Å². The van der Waals surface area contributed by atoms with Crippen molar-refractivity contribution in [2.75, 3.05) is 0 Å². The molecular weight excluding hydrogens is 304 g/mol. The minimum atomic E-state index is -0.547. The van der Waals surface area contributed by atoms with Gasteiger partial charge in [0.15, 0.2) is 5.58 Å². The zero-order valence-corrected chi connectivity index (χ0v) is 12.7. The molecule has 0 radical (unpaired) electrons. The largest absolute Gasteiger partial charge is 0.459 e. The number of benzene rings is 1. The minimum Gasteiger partial charge on any atom is -0.459 e. The van der Waals surface area contributed by atoms with Crippen LogP contribution >= 0.6 is 0 Å². The zero-order chi connectivity index (χ0) is 16.5. The first-order valence-corrected chi connectivity index (χ1v) is 7.47. The number of furan rings is 1. The topological polar surface area (TPSA) is 86.9 Å². The van der Waals surface area contributed by atoms with E-state index in [0.717, 1.165) is 17.0 Å². The minimum absolute atomic E-state index is 0.235. The summed E-state index contributed by atoms with van der Waals surface area (Å²) in [6.07, 6.45) is 4.29. The van der Waals surface area contributed by atoms with Crippen molar-refractivity contribution in [2.45, 2.75) is 6.42 Å². The first-order valence-electron chi connectivity index (χ1n) is 7.47. The van der Waals surface area contributed by atoms with Crippen molar-refractivity contribution in [3.63, 3.8) is 0 Å². The molecule has 3 heterocycles. The van der Waals surface area contributed by atoms with E-state index >= 15 is 0 Å². The number of fused-ring (bicyclic) bond motifs is 1. The predicted molar refractivity (Wildman–Crippen MR) is 88.9 cm³/mol. The van der Waals surface area contributed by atoms with Gasteiger partial charge in [-0.1, -0.05) is 12.1 Å². The number of nitrogens with zero attached hydrogens (tertiary/aromatic N) is 3. The van der Waals surface area contributed by atoms with Gasteiger partial charge in [-0.25, -0.2) is 9.67 Å². The molecule has 24 heavy (non-hydrogen) atoms. The van der Waals surface area contributed by atoms with Gasteiger partial charge in [0, 0.05) is 24.9 Å². The number of hydrogen-bond donors (Lipinski definition) is 1. The lowest BCUT2D eigenvalue weighted by atomic mass is 10.1. The van der Waals surface area contributed by atoms with Gasteiger partial charge in [-0.2, -0.15) is 5.10 Å². The molecule has 0 aliphatic carbocycles. The fourth-order valence-corrected chi connectivity index (χ4v) is 2.59. The number of primary amides is 1. The second-order valence-electron chi connectivity index (χ2n) is 5.45. The van der Waals surface area contributed by atoms with Crippen LogP contribution in [-0.2, 0) is 6.42 Å². The van der Waals surface area contributed by atoms with Gasteiger partial charge in [0.05, 0.1) is 5.69 Å². The lowest BCUT2D eigenvalue weighted by molar-refractivity contribution is 0.0996. The van der Waals surface area contributed by atoms with E-state index in [2.05, 4.69) is 10.1 Å². The zero-order valence-electron chi connectivity index (χ0n) is 12.7. The van der Waals surface area contributed by atoms with Crippen LogP contribution in [0.25, 0.3) is 16.8 Å². The summed E-state index contributed by atoms with van der Waals surface area (Å²) in [5.74, 6) is 0.236. The maximum absolute atomic E-state index is 11.2. The van der Waals surface area contributed by atoms with Crippen molar-refractivity contribution in [3.05, 3.63) is 77.9 Å². The molecule has 1 amide bonds. The second kappa shape index (κ2) is 5.66. The van der Waals surface area contributed by atoms with Gasteiger partial charge in [0.25, 0.3) is 5.91 Å². The van der Waals surface area contributed by atoms with Crippen LogP contribution in [0.2, 0.25) is 0 Å². The SMILES string of the molecule is NC(=O)c1ccc2oc(Cc3ccc(-n4cccn4)cc3)cc2n1. The molecule has 6 heteroatoms. The van der Waals surface area contributed by atoms with Crippen LogP contribution in [0.3, 0.4) is 0 Å². The van der Waals surface area contributed by atoms with Crippen molar-refractivity contribution in [1.82, 2.24) is 14.8 Å². The normalized spacial score (nSPS) is 11.0. The van der Waals surface area contributed by atoms with Crippen LogP contribution in [0.15, 0.2) is 65.3 Å². The van der Waals surface area contributed by atoms with Gasteiger partial charge in [0.2, 0.25) is 0 Å². The Bertz CT molecular complexity index is 1000. The van der Waals surface area contributed by atoms with E-state index in [4.69, 9.17) is 10.2 Å². The van der Waals surface area contributed by atoms with E-state index in [1.165, 1.54) is 0 Å². The summed E-state index contributed by atoms with van der Waals surface area (Å²) in [6.45, 7) is 0. The summed E-state index contributed by atoms with van der Waals surface area (Å²) in [5.41, 5.74) is 8.87. The molecule has 0 atom stereocenters. The number of carbonyl (C=O) groups excluding carboxylic acids is 1. The third-order valence-corrected chi connectivity index (χ3v) is 3.76. The Hall–Kier alpha value is -3.41. The van der Waals surface area contributed by atoms with E-state index in [0.29, 0.717) is 17.5 Å². The third-order valence-electron chi connectivity index (χ3n) is 3.76. The van der Waals surface area contributed by atoms with E-state index in [1.807, 2.05) is 42.6 Å². The van der Waals surface area contributed by atoms with Gasteiger partial charge in [0.1, 0.15) is 17.0 Å². The molecule has 3 aromatic heterocycles. The van der Waals surface area contributed by atoms with Gasteiger partial charge >= 0.3 is 0 Å². The van der Waals surface area contributed by atoms with Gasteiger partial charge in [-0.05, 0) is 35.9 Å². The van der Waals surface area contributed by atoms with Gasteiger partial charge in [-0.3, -0.25) is 4.79 Å². The average molecular weight is 318 g/mol. The Kier molecular flexibility index (Phi) is 3.35. The predicted octanol–water partition coefficient (Wildman–Crippen LogP) is 2.70. The van der Waals surface area contributed by atoms with Crippen LogP contribution in [0.5, 0.6) is 0 Å². The maximum Gasteiger partial charge on any atom is 0.267 e. The summed E-state index contributed by atoms with van der Waals surface area (Å²) >= 11 is 0. The van der Waals surface area contributed by atoms with Gasteiger partial charge in [-0.15, -0.1) is 0 Å². The molecule has 0 saturated heterocycles. The van der Waals surface area contributed by atoms with Crippen molar-refractivity contribution >= 4 is 17.0 Å².